The van der Waals surface area contributed by atoms with Gasteiger partial charge in [-0.3, -0.25) is 4.79 Å². The minimum Gasteiger partial charge on any atom is -0.350 e. The van der Waals surface area contributed by atoms with Crippen molar-refractivity contribution < 1.29 is 4.79 Å². The van der Waals surface area contributed by atoms with Gasteiger partial charge in [0.05, 0.1) is 5.54 Å². The SMILES string of the molecule is CC(C)CC(=O)NC1(C(C)C)Cc2ccccc2C1. The molecule has 104 valence electrons. The Kier molecular flexibility index (Phi) is 3.98. The molecule has 0 heterocycles. The molecule has 0 atom stereocenters. The molecular formula is C17H25NO. The largest absolute Gasteiger partial charge is 0.350 e. The molecule has 0 fully saturated rings. The summed E-state index contributed by atoms with van der Waals surface area (Å²) >= 11 is 0. The number of hydrogen-bond donors (Lipinski definition) is 1. The summed E-state index contributed by atoms with van der Waals surface area (Å²) < 4.78 is 0. The second-order valence-electron chi connectivity index (χ2n) is 6.58. The van der Waals surface area contributed by atoms with Crippen molar-refractivity contribution in [2.75, 3.05) is 0 Å². The molecule has 0 saturated carbocycles. The Morgan fingerprint density at radius 3 is 2.11 bits per heavy atom. The number of carbonyl (C=O) groups is 1. The average Bonchev–Trinajstić information content (AvgIpc) is 2.66. The first-order valence-corrected chi connectivity index (χ1v) is 7.31. The van der Waals surface area contributed by atoms with Crippen molar-refractivity contribution in [3.8, 4) is 0 Å². The molecule has 2 rings (SSSR count). The number of amides is 1. The smallest absolute Gasteiger partial charge is 0.220 e. The molecule has 2 heteroatoms. The maximum atomic E-state index is 12.2. The minimum atomic E-state index is -0.0876. The highest BCUT2D eigenvalue weighted by Gasteiger charge is 2.40. The lowest BCUT2D eigenvalue weighted by molar-refractivity contribution is -0.124. The van der Waals surface area contributed by atoms with Crippen molar-refractivity contribution in [1.29, 1.82) is 0 Å². The van der Waals surface area contributed by atoms with Gasteiger partial charge in [0.2, 0.25) is 5.91 Å². The van der Waals surface area contributed by atoms with Gasteiger partial charge in [-0.2, -0.15) is 0 Å². The number of benzene rings is 1. The summed E-state index contributed by atoms with van der Waals surface area (Å²) in [7, 11) is 0. The van der Waals surface area contributed by atoms with E-state index in [0.717, 1.165) is 12.8 Å². The molecule has 1 aromatic carbocycles. The summed E-state index contributed by atoms with van der Waals surface area (Å²) in [6, 6.07) is 8.55. The van der Waals surface area contributed by atoms with Crippen LogP contribution in [0, 0.1) is 11.8 Å². The number of carbonyl (C=O) groups excluding carboxylic acids is 1. The summed E-state index contributed by atoms with van der Waals surface area (Å²) in [5.74, 6) is 1.04. The van der Waals surface area contributed by atoms with E-state index < -0.39 is 0 Å². The van der Waals surface area contributed by atoms with Crippen molar-refractivity contribution in [2.24, 2.45) is 11.8 Å². The van der Waals surface area contributed by atoms with Crippen LogP contribution in [-0.4, -0.2) is 11.4 Å². The fourth-order valence-electron chi connectivity index (χ4n) is 2.99. The standard InChI is InChI=1S/C17H25NO/c1-12(2)9-16(19)18-17(13(3)4)10-14-7-5-6-8-15(14)11-17/h5-8,12-13H,9-11H2,1-4H3,(H,18,19). The third-order valence-electron chi connectivity index (χ3n) is 4.22. The lowest BCUT2D eigenvalue weighted by Crippen LogP contribution is -2.53. The van der Waals surface area contributed by atoms with Crippen LogP contribution >= 0.6 is 0 Å². The van der Waals surface area contributed by atoms with Crippen molar-refractivity contribution in [2.45, 2.75) is 52.5 Å². The Labute approximate surface area is 116 Å². The van der Waals surface area contributed by atoms with Gasteiger partial charge in [0, 0.05) is 6.42 Å². The predicted octanol–water partition coefficient (Wildman–Crippen LogP) is 3.34. The van der Waals surface area contributed by atoms with Crippen LogP contribution in [0.1, 0.15) is 45.2 Å². The molecule has 0 unspecified atom stereocenters. The van der Waals surface area contributed by atoms with E-state index in [1.807, 2.05) is 0 Å². The van der Waals surface area contributed by atoms with E-state index in [1.54, 1.807) is 0 Å². The zero-order chi connectivity index (χ0) is 14.0. The fraction of sp³-hybridized carbons (Fsp3) is 0.588. The van der Waals surface area contributed by atoms with Crippen LogP contribution < -0.4 is 5.32 Å². The van der Waals surface area contributed by atoms with Crippen LogP contribution in [0.5, 0.6) is 0 Å². The lowest BCUT2D eigenvalue weighted by Gasteiger charge is -2.35. The molecule has 19 heavy (non-hydrogen) atoms. The highest BCUT2D eigenvalue weighted by molar-refractivity contribution is 5.77. The van der Waals surface area contributed by atoms with Gasteiger partial charge in [-0.05, 0) is 35.8 Å². The van der Waals surface area contributed by atoms with Gasteiger partial charge in [0.15, 0.2) is 0 Å². The summed E-state index contributed by atoms with van der Waals surface area (Å²) in [5, 5.41) is 3.33. The Balaban J connectivity index is 2.16. The van der Waals surface area contributed by atoms with Crippen LogP contribution in [0.2, 0.25) is 0 Å². The van der Waals surface area contributed by atoms with Crippen molar-refractivity contribution in [1.82, 2.24) is 5.32 Å². The Morgan fingerprint density at radius 2 is 1.68 bits per heavy atom. The molecule has 2 nitrogen and oxygen atoms in total. The summed E-state index contributed by atoms with van der Waals surface area (Å²) in [6.45, 7) is 8.60. The van der Waals surface area contributed by atoms with Gasteiger partial charge in [-0.25, -0.2) is 0 Å². The molecule has 0 radical (unpaired) electrons. The Hall–Kier alpha value is -1.31. The molecule has 1 amide bonds. The quantitative estimate of drug-likeness (QED) is 0.882. The predicted molar refractivity (Wildman–Crippen MR) is 79.0 cm³/mol. The van der Waals surface area contributed by atoms with Crippen molar-refractivity contribution in [3.63, 3.8) is 0 Å². The molecule has 1 aliphatic carbocycles. The van der Waals surface area contributed by atoms with E-state index in [4.69, 9.17) is 0 Å². The highest BCUT2D eigenvalue weighted by atomic mass is 16.1. The van der Waals surface area contributed by atoms with Crippen molar-refractivity contribution >= 4 is 5.91 Å². The third-order valence-corrected chi connectivity index (χ3v) is 4.22. The fourth-order valence-corrected chi connectivity index (χ4v) is 2.99. The molecule has 1 aliphatic rings. The van der Waals surface area contributed by atoms with E-state index in [-0.39, 0.29) is 11.4 Å². The van der Waals surface area contributed by atoms with Gasteiger partial charge in [0.25, 0.3) is 0 Å². The summed E-state index contributed by atoms with van der Waals surface area (Å²) in [6.07, 6.45) is 2.54. The van der Waals surface area contributed by atoms with Gasteiger partial charge in [-0.1, -0.05) is 52.0 Å². The lowest BCUT2D eigenvalue weighted by atomic mass is 9.83. The zero-order valence-electron chi connectivity index (χ0n) is 12.5. The first-order valence-electron chi connectivity index (χ1n) is 7.31. The molecule has 0 spiro atoms. The molecule has 1 aromatic rings. The van der Waals surface area contributed by atoms with Crippen LogP contribution in [0.15, 0.2) is 24.3 Å². The molecule has 0 saturated heterocycles. The second kappa shape index (κ2) is 5.36. The summed E-state index contributed by atoms with van der Waals surface area (Å²) in [4.78, 5) is 12.2. The van der Waals surface area contributed by atoms with Crippen molar-refractivity contribution in [3.05, 3.63) is 35.4 Å². The van der Waals surface area contributed by atoms with E-state index >= 15 is 0 Å². The topological polar surface area (TPSA) is 29.1 Å². The maximum absolute atomic E-state index is 12.2. The van der Waals surface area contributed by atoms with Gasteiger partial charge in [0.1, 0.15) is 0 Å². The first kappa shape index (κ1) is 14.1. The maximum Gasteiger partial charge on any atom is 0.220 e. The van der Waals surface area contributed by atoms with Crippen LogP contribution in [0.3, 0.4) is 0 Å². The van der Waals surface area contributed by atoms with Crippen LogP contribution in [0.25, 0.3) is 0 Å². The third kappa shape index (κ3) is 2.99. The molecular weight excluding hydrogens is 234 g/mol. The number of fused-ring (bicyclic) bond motifs is 1. The van der Waals surface area contributed by atoms with Crippen LogP contribution in [0.4, 0.5) is 0 Å². The molecule has 0 aromatic heterocycles. The summed E-state index contributed by atoms with van der Waals surface area (Å²) in [5.41, 5.74) is 2.69. The Bertz CT molecular complexity index is 437. The van der Waals surface area contributed by atoms with E-state index in [2.05, 4.69) is 57.3 Å². The highest BCUT2D eigenvalue weighted by Crippen LogP contribution is 2.35. The second-order valence-corrected chi connectivity index (χ2v) is 6.58. The monoisotopic (exact) mass is 259 g/mol. The molecule has 0 aliphatic heterocycles. The number of nitrogens with one attached hydrogen (secondary N) is 1. The molecule has 1 N–H and O–H groups in total. The van der Waals surface area contributed by atoms with E-state index in [9.17, 15) is 4.79 Å². The molecule has 0 bridgehead atoms. The van der Waals surface area contributed by atoms with Gasteiger partial charge >= 0.3 is 0 Å². The zero-order valence-corrected chi connectivity index (χ0v) is 12.5. The normalized spacial score (nSPS) is 16.7. The minimum absolute atomic E-state index is 0.0876. The first-order chi connectivity index (χ1) is 8.93. The van der Waals surface area contributed by atoms with E-state index in [0.29, 0.717) is 18.3 Å². The number of rotatable bonds is 4. The Morgan fingerprint density at radius 1 is 1.16 bits per heavy atom. The van der Waals surface area contributed by atoms with E-state index in [1.165, 1.54) is 11.1 Å². The number of hydrogen-bond acceptors (Lipinski definition) is 1. The van der Waals surface area contributed by atoms with Crippen LogP contribution in [-0.2, 0) is 17.6 Å². The van der Waals surface area contributed by atoms with Gasteiger partial charge < -0.3 is 5.32 Å². The average molecular weight is 259 g/mol. The van der Waals surface area contributed by atoms with Gasteiger partial charge in [-0.15, -0.1) is 0 Å².